The molecule has 0 aromatic heterocycles. The molecule has 0 bridgehead atoms. The summed E-state index contributed by atoms with van der Waals surface area (Å²) in [5.74, 6) is 0.281. The quantitative estimate of drug-likeness (QED) is 0.670. The maximum atomic E-state index is 12.7. The molecule has 7 heteroatoms. The van der Waals surface area contributed by atoms with E-state index in [2.05, 4.69) is 23.3 Å². The first-order valence-electron chi connectivity index (χ1n) is 9.22. The molecule has 2 amide bonds. The molecular formula is C21H27N3O4. The zero-order chi connectivity index (χ0) is 20.8. The van der Waals surface area contributed by atoms with Crippen molar-refractivity contribution in [2.24, 2.45) is 0 Å². The van der Waals surface area contributed by atoms with Crippen LogP contribution >= 0.6 is 0 Å². The van der Waals surface area contributed by atoms with Crippen molar-refractivity contribution in [1.82, 2.24) is 10.6 Å². The van der Waals surface area contributed by atoms with Gasteiger partial charge >= 0.3 is 6.09 Å². The first kappa shape index (κ1) is 21.3. The van der Waals surface area contributed by atoms with E-state index in [4.69, 9.17) is 9.47 Å². The van der Waals surface area contributed by atoms with E-state index < -0.39 is 29.2 Å². The van der Waals surface area contributed by atoms with E-state index in [0.717, 1.165) is 5.56 Å². The van der Waals surface area contributed by atoms with Crippen molar-refractivity contribution in [3.63, 3.8) is 0 Å². The lowest BCUT2D eigenvalue weighted by Crippen LogP contribution is -2.52. The Morgan fingerprint density at radius 2 is 1.96 bits per heavy atom. The minimum Gasteiger partial charge on any atom is -0.490 e. The maximum Gasteiger partial charge on any atom is 0.408 e. The molecule has 1 aromatic carbocycles. The molecule has 1 aliphatic carbocycles. The molecule has 1 aromatic rings. The Labute approximate surface area is 165 Å². The van der Waals surface area contributed by atoms with Gasteiger partial charge in [-0.15, -0.1) is 0 Å². The third-order valence-corrected chi connectivity index (χ3v) is 4.06. The van der Waals surface area contributed by atoms with Gasteiger partial charge in [-0.05, 0) is 51.3 Å². The highest BCUT2D eigenvalue weighted by atomic mass is 16.6. The predicted molar refractivity (Wildman–Crippen MR) is 105 cm³/mol. The topological polar surface area (TPSA) is 100 Å². The normalized spacial score (nSPS) is 15.5. The molecule has 0 spiro atoms. The van der Waals surface area contributed by atoms with Gasteiger partial charge in [-0.3, -0.25) is 4.79 Å². The lowest BCUT2D eigenvalue weighted by Gasteiger charge is -2.24. The van der Waals surface area contributed by atoms with Gasteiger partial charge in [0.15, 0.2) is 0 Å². The van der Waals surface area contributed by atoms with Crippen LogP contribution in [0, 0.1) is 11.3 Å². The summed E-state index contributed by atoms with van der Waals surface area (Å²) < 4.78 is 10.7. The van der Waals surface area contributed by atoms with Gasteiger partial charge < -0.3 is 20.1 Å². The molecule has 1 atom stereocenters. The number of hydrogen-bond acceptors (Lipinski definition) is 5. The number of nitrogens with zero attached hydrogens (tertiary/aromatic N) is 1. The van der Waals surface area contributed by atoms with Crippen LogP contribution in [-0.2, 0) is 16.0 Å². The van der Waals surface area contributed by atoms with Gasteiger partial charge in [0.25, 0.3) is 0 Å². The number of benzene rings is 1. The Hall–Kier alpha value is -3.01. The van der Waals surface area contributed by atoms with E-state index in [1.165, 1.54) is 0 Å². The molecule has 1 unspecified atom stereocenters. The molecule has 0 aliphatic heterocycles. The third kappa shape index (κ3) is 6.62. The van der Waals surface area contributed by atoms with Gasteiger partial charge in [0.1, 0.15) is 29.5 Å². The van der Waals surface area contributed by atoms with E-state index >= 15 is 0 Å². The summed E-state index contributed by atoms with van der Waals surface area (Å²) in [5.41, 5.74) is -0.656. The number of nitrogens with one attached hydrogen (secondary N) is 2. The molecule has 0 radical (unpaired) electrons. The second-order valence-corrected chi connectivity index (χ2v) is 7.83. The number of alkyl carbamates (subject to hydrolysis) is 1. The first-order chi connectivity index (χ1) is 13.2. The highest BCUT2D eigenvalue weighted by molar-refractivity contribution is 5.87. The fourth-order valence-corrected chi connectivity index (χ4v) is 2.48. The maximum absolute atomic E-state index is 12.7. The molecule has 150 valence electrons. The number of rotatable bonds is 8. The highest BCUT2D eigenvalue weighted by Crippen LogP contribution is 2.34. The molecule has 1 aliphatic rings. The minimum atomic E-state index is -0.861. The molecule has 0 heterocycles. The van der Waals surface area contributed by atoms with Gasteiger partial charge in [0.05, 0.1) is 6.07 Å². The summed E-state index contributed by atoms with van der Waals surface area (Å²) in [4.78, 5) is 24.9. The van der Waals surface area contributed by atoms with Crippen LogP contribution in [0.1, 0.15) is 39.2 Å². The molecular weight excluding hydrogens is 358 g/mol. The van der Waals surface area contributed by atoms with Gasteiger partial charge in [-0.2, -0.15) is 5.26 Å². The van der Waals surface area contributed by atoms with Crippen molar-refractivity contribution in [3.05, 3.63) is 42.5 Å². The van der Waals surface area contributed by atoms with Crippen LogP contribution in [0.2, 0.25) is 0 Å². The molecule has 1 fully saturated rings. The number of nitriles is 1. The Morgan fingerprint density at radius 1 is 1.32 bits per heavy atom. The molecule has 2 rings (SSSR count). The molecule has 0 saturated heterocycles. The number of ether oxygens (including phenoxy) is 2. The van der Waals surface area contributed by atoms with Crippen LogP contribution in [0.3, 0.4) is 0 Å². The zero-order valence-corrected chi connectivity index (χ0v) is 16.6. The standard InChI is InChI=1S/C21H27N3O4/c1-5-12-27-16-8-6-15(7-9-16)13-17(23-19(26)28-20(2,3)4)18(25)24-21(14-22)10-11-21/h5-9,17H,1,10-13H2,2-4H3,(H,23,26)(H,24,25). The fraction of sp³-hybridized carbons (Fsp3) is 0.476. The average Bonchev–Trinajstić information content (AvgIpc) is 3.39. The summed E-state index contributed by atoms with van der Waals surface area (Å²) in [5, 5.41) is 14.6. The molecule has 2 N–H and O–H groups in total. The largest absolute Gasteiger partial charge is 0.490 e. The third-order valence-electron chi connectivity index (χ3n) is 4.06. The SMILES string of the molecule is C=CCOc1ccc(CC(NC(=O)OC(C)(C)C)C(=O)NC2(C#N)CC2)cc1. The van der Waals surface area contributed by atoms with Gasteiger partial charge in [0, 0.05) is 6.42 Å². The van der Waals surface area contributed by atoms with Crippen molar-refractivity contribution in [2.75, 3.05) is 6.61 Å². The number of carbonyl (C=O) groups excluding carboxylic acids is 2. The average molecular weight is 385 g/mol. The second kappa shape index (κ2) is 8.79. The number of amides is 2. The van der Waals surface area contributed by atoms with Gasteiger partial charge in [-0.1, -0.05) is 24.8 Å². The Morgan fingerprint density at radius 3 is 2.46 bits per heavy atom. The van der Waals surface area contributed by atoms with Crippen LogP contribution in [0.25, 0.3) is 0 Å². The Bertz CT molecular complexity index is 755. The van der Waals surface area contributed by atoms with Crippen molar-refractivity contribution in [2.45, 2.75) is 57.2 Å². The van der Waals surface area contributed by atoms with Gasteiger partial charge in [0.2, 0.25) is 5.91 Å². The van der Waals surface area contributed by atoms with E-state index in [9.17, 15) is 14.9 Å². The van der Waals surface area contributed by atoms with Crippen LogP contribution in [0.5, 0.6) is 5.75 Å². The lowest BCUT2D eigenvalue weighted by molar-refractivity contribution is -0.123. The first-order valence-corrected chi connectivity index (χ1v) is 9.22. The van der Waals surface area contributed by atoms with E-state index in [1.54, 1.807) is 39.0 Å². The van der Waals surface area contributed by atoms with Crippen molar-refractivity contribution in [1.29, 1.82) is 5.26 Å². The van der Waals surface area contributed by atoms with E-state index in [-0.39, 0.29) is 6.42 Å². The van der Waals surface area contributed by atoms with E-state index in [1.807, 2.05) is 12.1 Å². The van der Waals surface area contributed by atoms with Crippen molar-refractivity contribution < 1.29 is 19.1 Å². The number of carbonyl (C=O) groups is 2. The zero-order valence-electron chi connectivity index (χ0n) is 16.6. The van der Waals surface area contributed by atoms with Gasteiger partial charge in [-0.25, -0.2) is 4.79 Å². The van der Waals surface area contributed by atoms with Crippen LogP contribution < -0.4 is 15.4 Å². The number of hydrogen-bond donors (Lipinski definition) is 2. The molecule has 1 saturated carbocycles. The van der Waals surface area contributed by atoms with Crippen LogP contribution in [-0.4, -0.2) is 35.8 Å². The Kier molecular flexibility index (Phi) is 6.68. The minimum absolute atomic E-state index is 0.258. The molecule has 28 heavy (non-hydrogen) atoms. The van der Waals surface area contributed by atoms with E-state index in [0.29, 0.717) is 25.2 Å². The predicted octanol–water partition coefficient (Wildman–Crippen LogP) is 2.86. The van der Waals surface area contributed by atoms with Crippen LogP contribution in [0.15, 0.2) is 36.9 Å². The summed E-state index contributed by atoms with van der Waals surface area (Å²) in [6, 6.07) is 8.49. The van der Waals surface area contributed by atoms with Crippen LogP contribution in [0.4, 0.5) is 4.79 Å². The monoisotopic (exact) mass is 385 g/mol. The highest BCUT2D eigenvalue weighted by Gasteiger charge is 2.45. The fourth-order valence-electron chi connectivity index (χ4n) is 2.48. The summed E-state index contributed by atoms with van der Waals surface area (Å²) in [7, 11) is 0. The van der Waals surface area contributed by atoms with Crippen molar-refractivity contribution >= 4 is 12.0 Å². The molecule has 7 nitrogen and oxygen atoms in total. The smallest absolute Gasteiger partial charge is 0.408 e. The lowest BCUT2D eigenvalue weighted by atomic mass is 10.0. The summed E-state index contributed by atoms with van der Waals surface area (Å²) in [6.07, 6.45) is 2.46. The Balaban J connectivity index is 2.08. The second-order valence-electron chi connectivity index (χ2n) is 7.83. The van der Waals surface area contributed by atoms with Crippen molar-refractivity contribution in [3.8, 4) is 11.8 Å². The summed E-state index contributed by atoms with van der Waals surface area (Å²) >= 11 is 0. The summed E-state index contributed by atoms with van der Waals surface area (Å²) in [6.45, 7) is 9.25.